The van der Waals surface area contributed by atoms with Gasteiger partial charge in [0.2, 0.25) is 0 Å². The van der Waals surface area contributed by atoms with Gasteiger partial charge in [-0.2, -0.15) is 0 Å². The third kappa shape index (κ3) is 5.23. The van der Waals surface area contributed by atoms with Crippen LogP contribution in [0.15, 0.2) is 24.3 Å². The van der Waals surface area contributed by atoms with E-state index in [4.69, 9.17) is 0 Å². The fourth-order valence-corrected chi connectivity index (χ4v) is 3.56. The predicted octanol–water partition coefficient (Wildman–Crippen LogP) is 3.89. The van der Waals surface area contributed by atoms with Crippen molar-refractivity contribution < 1.29 is 9.59 Å². The van der Waals surface area contributed by atoms with Crippen molar-refractivity contribution >= 4 is 11.9 Å². The number of rotatable bonds is 6. The van der Waals surface area contributed by atoms with E-state index < -0.39 is 0 Å². The molecule has 0 saturated heterocycles. The maximum atomic E-state index is 12.4. The summed E-state index contributed by atoms with van der Waals surface area (Å²) in [5.41, 5.74) is 1.69. The summed E-state index contributed by atoms with van der Waals surface area (Å²) in [7, 11) is 1.89. The monoisotopic (exact) mass is 359 g/mol. The number of hydrogen-bond acceptors (Lipinski definition) is 2. The Balaban J connectivity index is 1.85. The van der Waals surface area contributed by atoms with E-state index in [1.54, 1.807) is 4.90 Å². The molecule has 0 heterocycles. The first-order chi connectivity index (χ1) is 12.5. The summed E-state index contributed by atoms with van der Waals surface area (Å²) in [6.45, 7) is 8.14. The fourth-order valence-electron chi connectivity index (χ4n) is 3.56. The quantitative estimate of drug-likeness (QED) is 0.838. The molecule has 0 unspecified atom stereocenters. The minimum Gasteiger partial charge on any atom is -0.339 e. The van der Waals surface area contributed by atoms with Crippen molar-refractivity contribution in [3.63, 3.8) is 0 Å². The van der Waals surface area contributed by atoms with Crippen molar-refractivity contribution in [2.24, 2.45) is 5.92 Å². The van der Waals surface area contributed by atoms with Crippen LogP contribution >= 0.6 is 0 Å². The SMILES string of the molecule is CCN(CC)C(=O)c1ccc(CNC(=O)N(C)C2CCC(C)CC2)cc1. The normalized spacial score (nSPS) is 19.7. The number of urea groups is 1. The molecule has 2 rings (SSSR count). The van der Waals surface area contributed by atoms with E-state index in [2.05, 4.69) is 12.2 Å². The summed E-state index contributed by atoms with van der Waals surface area (Å²) >= 11 is 0. The predicted molar refractivity (Wildman–Crippen MR) is 105 cm³/mol. The Kier molecular flexibility index (Phi) is 7.49. The van der Waals surface area contributed by atoms with E-state index >= 15 is 0 Å². The summed E-state index contributed by atoms with van der Waals surface area (Å²) in [5, 5.41) is 2.99. The van der Waals surface area contributed by atoms with Crippen molar-refractivity contribution in [3.8, 4) is 0 Å². The van der Waals surface area contributed by atoms with Crippen LogP contribution in [0, 0.1) is 5.92 Å². The van der Waals surface area contributed by atoms with Crippen LogP contribution in [0.3, 0.4) is 0 Å². The van der Waals surface area contributed by atoms with Gasteiger partial charge >= 0.3 is 6.03 Å². The Labute approximate surface area is 157 Å². The molecule has 1 N–H and O–H groups in total. The van der Waals surface area contributed by atoms with Gasteiger partial charge < -0.3 is 15.1 Å². The molecule has 5 heteroatoms. The standard InChI is InChI=1S/C21H33N3O2/c1-5-24(6-2)20(25)18-11-9-17(10-12-18)15-22-21(26)23(4)19-13-7-16(3)8-14-19/h9-12,16,19H,5-8,13-15H2,1-4H3,(H,22,26). The van der Waals surface area contributed by atoms with E-state index in [1.807, 2.05) is 50.1 Å². The number of carbonyl (C=O) groups excluding carboxylic acids is 2. The minimum absolute atomic E-state index is 0.0205. The van der Waals surface area contributed by atoms with Crippen LogP contribution in [0.1, 0.15) is 62.4 Å². The molecule has 3 amide bonds. The van der Waals surface area contributed by atoms with Gasteiger partial charge in [0, 0.05) is 38.3 Å². The molecule has 0 spiro atoms. The van der Waals surface area contributed by atoms with Gasteiger partial charge in [0.05, 0.1) is 0 Å². The zero-order chi connectivity index (χ0) is 19.1. The zero-order valence-electron chi connectivity index (χ0n) is 16.6. The molecule has 1 aromatic rings. The van der Waals surface area contributed by atoms with Gasteiger partial charge in [0.1, 0.15) is 0 Å². The molecule has 1 aromatic carbocycles. The van der Waals surface area contributed by atoms with Crippen LogP contribution in [-0.4, -0.2) is 47.9 Å². The largest absolute Gasteiger partial charge is 0.339 e. The Morgan fingerprint density at radius 3 is 2.15 bits per heavy atom. The first kappa shape index (κ1) is 20.3. The fraction of sp³-hybridized carbons (Fsp3) is 0.619. The minimum atomic E-state index is -0.0205. The second kappa shape index (κ2) is 9.60. The highest BCUT2D eigenvalue weighted by Gasteiger charge is 2.24. The molecular weight excluding hydrogens is 326 g/mol. The average Bonchev–Trinajstić information content (AvgIpc) is 2.67. The summed E-state index contributed by atoms with van der Waals surface area (Å²) in [6, 6.07) is 7.84. The molecule has 1 aliphatic rings. The Morgan fingerprint density at radius 2 is 1.62 bits per heavy atom. The van der Waals surface area contributed by atoms with Crippen LogP contribution < -0.4 is 5.32 Å². The molecular formula is C21H33N3O2. The van der Waals surface area contributed by atoms with Crippen LogP contribution in [0.2, 0.25) is 0 Å². The van der Waals surface area contributed by atoms with Gasteiger partial charge in [-0.3, -0.25) is 4.79 Å². The lowest BCUT2D eigenvalue weighted by molar-refractivity contribution is 0.0773. The number of hydrogen-bond donors (Lipinski definition) is 1. The zero-order valence-corrected chi connectivity index (χ0v) is 16.6. The van der Waals surface area contributed by atoms with Crippen LogP contribution in [0.25, 0.3) is 0 Å². The highest BCUT2D eigenvalue weighted by atomic mass is 16.2. The molecule has 144 valence electrons. The molecule has 5 nitrogen and oxygen atoms in total. The van der Waals surface area contributed by atoms with Gasteiger partial charge in [-0.15, -0.1) is 0 Å². The lowest BCUT2D eigenvalue weighted by atomic mass is 9.87. The van der Waals surface area contributed by atoms with E-state index in [0.29, 0.717) is 31.2 Å². The third-order valence-corrected chi connectivity index (χ3v) is 5.55. The second-order valence-corrected chi connectivity index (χ2v) is 7.36. The number of nitrogens with zero attached hydrogens (tertiary/aromatic N) is 2. The maximum Gasteiger partial charge on any atom is 0.317 e. The van der Waals surface area contributed by atoms with E-state index in [0.717, 1.165) is 24.3 Å². The second-order valence-electron chi connectivity index (χ2n) is 7.36. The molecule has 0 atom stereocenters. The van der Waals surface area contributed by atoms with Crippen molar-refractivity contribution in [3.05, 3.63) is 35.4 Å². The highest BCUT2D eigenvalue weighted by Crippen LogP contribution is 2.26. The molecule has 1 saturated carbocycles. The number of amides is 3. The summed E-state index contributed by atoms with van der Waals surface area (Å²) in [6.07, 6.45) is 4.58. The summed E-state index contributed by atoms with van der Waals surface area (Å²) < 4.78 is 0. The van der Waals surface area contributed by atoms with Gasteiger partial charge in [-0.05, 0) is 63.1 Å². The topological polar surface area (TPSA) is 52.7 Å². The third-order valence-electron chi connectivity index (χ3n) is 5.55. The Bertz CT molecular complexity index is 588. The molecule has 0 aromatic heterocycles. The van der Waals surface area contributed by atoms with E-state index in [9.17, 15) is 9.59 Å². The van der Waals surface area contributed by atoms with Crippen molar-refractivity contribution in [1.82, 2.24) is 15.1 Å². The van der Waals surface area contributed by atoms with Gasteiger partial charge in [-0.1, -0.05) is 19.1 Å². The molecule has 0 bridgehead atoms. The van der Waals surface area contributed by atoms with Crippen molar-refractivity contribution in [2.75, 3.05) is 20.1 Å². The van der Waals surface area contributed by atoms with Crippen LogP contribution in [-0.2, 0) is 6.54 Å². The Morgan fingerprint density at radius 1 is 1.04 bits per heavy atom. The van der Waals surface area contributed by atoms with Gasteiger partial charge in [-0.25, -0.2) is 4.79 Å². The van der Waals surface area contributed by atoms with E-state index in [-0.39, 0.29) is 11.9 Å². The van der Waals surface area contributed by atoms with Crippen LogP contribution in [0.5, 0.6) is 0 Å². The molecule has 0 radical (unpaired) electrons. The molecule has 1 fully saturated rings. The summed E-state index contributed by atoms with van der Waals surface area (Å²) in [4.78, 5) is 28.4. The molecule has 0 aliphatic heterocycles. The number of benzene rings is 1. The highest BCUT2D eigenvalue weighted by molar-refractivity contribution is 5.94. The van der Waals surface area contributed by atoms with Crippen molar-refractivity contribution in [1.29, 1.82) is 0 Å². The lowest BCUT2D eigenvalue weighted by Crippen LogP contribution is -2.44. The first-order valence-corrected chi connectivity index (χ1v) is 9.85. The number of carbonyl (C=O) groups is 2. The van der Waals surface area contributed by atoms with Crippen LogP contribution in [0.4, 0.5) is 4.79 Å². The summed E-state index contributed by atoms with van der Waals surface area (Å²) in [5.74, 6) is 0.831. The molecule has 26 heavy (non-hydrogen) atoms. The first-order valence-electron chi connectivity index (χ1n) is 9.85. The van der Waals surface area contributed by atoms with Crippen molar-refractivity contribution in [2.45, 2.75) is 59.0 Å². The molecule has 1 aliphatic carbocycles. The smallest absolute Gasteiger partial charge is 0.317 e. The maximum absolute atomic E-state index is 12.4. The van der Waals surface area contributed by atoms with Gasteiger partial charge in [0.25, 0.3) is 5.91 Å². The number of nitrogens with one attached hydrogen (secondary N) is 1. The van der Waals surface area contributed by atoms with Gasteiger partial charge in [0.15, 0.2) is 0 Å². The lowest BCUT2D eigenvalue weighted by Gasteiger charge is -2.33. The Hall–Kier alpha value is -2.04. The van der Waals surface area contributed by atoms with E-state index in [1.165, 1.54) is 12.8 Å². The average molecular weight is 360 g/mol.